The first-order valence-corrected chi connectivity index (χ1v) is 5.97. The lowest BCUT2D eigenvalue weighted by Gasteiger charge is -2.06. The monoisotopic (exact) mass is 260 g/mol. The molecule has 0 spiro atoms. The molecule has 2 amide bonds. The number of hydrogen-bond donors (Lipinski definition) is 3. The quantitative estimate of drug-likeness (QED) is 0.790. The van der Waals surface area contributed by atoms with E-state index in [0.29, 0.717) is 11.5 Å². The fourth-order valence-corrected chi connectivity index (χ4v) is 1.56. The van der Waals surface area contributed by atoms with Gasteiger partial charge in [0.25, 0.3) is 0 Å². The highest BCUT2D eigenvalue weighted by Crippen LogP contribution is 2.15. The van der Waals surface area contributed by atoms with E-state index in [-0.39, 0.29) is 6.03 Å². The van der Waals surface area contributed by atoms with Crippen LogP contribution in [0.4, 0.5) is 16.3 Å². The first kappa shape index (κ1) is 12.9. The Balaban J connectivity index is 1.93. The lowest BCUT2D eigenvalue weighted by atomic mass is 10.3. The smallest absolute Gasteiger partial charge is 0.324 e. The number of ether oxygens (including phenoxy) is 1. The van der Waals surface area contributed by atoms with Gasteiger partial charge in [-0.2, -0.15) is 5.10 Å². The number of urea groups is 1. The van der Waals surface area contributed by atoms with Gasteiger partial charge in [-0.15, -0.1) is 0 Å². The zero-order valence-electron chi connectivity index (χ0n) is 10.9. The molecule has 0 aliphatic heterocycles. The molecule has 6 nitrogen and oxygen atoms in total. The van der Waals surface area contributed by atoms with Crippen molar-refractivity contribution < 1.29 is 9.53 Å². The van der Waals surface area contributed by atoms with Gasteiger partial charge in [-0.25, -0.2) is 4.79 Å². The second kappa shape index (κ2) is 5.90. The van der Waals surface area contributed by atoms with Gasteiger partial charge >= 0.3 is 6.03 Å². The molecule has 0 saturated heterocycles. The topological polar surface area (TPSA) is 79.0 Å². The number of rotatable bonds is 4. The van der Waals surface area contributed by atoms with E-state index in [1.165, 1.54) is 0 Å². The zero-order chi connectivity index (χ0) is 13.7. The Bertz CT molecular complexity index is 548. The third-order valence-corrected chi connectivity index (χ3v) is 2.60. The highest BCUT2D eigenvalue weighted by atomic mass is 16.5. The third-order valence-electron chi connectivity index (χ3n) is 2.60. The number of aromatic amines is 1. The van der Waals surface area contributed by atoms with Crippen LogP contribution in [0.15, 0.2) is 30.3 Å². The van der Waals surface area contributed by atoms with E-state index in [4.69, 9.17) is 4.74 Å². The zero-order valence-corrected chi connectivity index (χ0v) is 10.9. The van der Waals surface area contributed by atoms with Crippen LogP contribution in [0.1, 0.15) is 12.6 Å². The number of hydrogen-bond acceptors (Lipinski definition) is 3. The SMILES string of the molecule is CCc1cc(NC(=O)Nc2ccc(OC)cc2)n[nH]1. The average molecular weight is 260 g/mol. The summed E-state index contributed by atoms with van der Waals surface area (Å²) in [5, 5.41) is 12.2. The number of nitrogens with zero attached hydrogens (tertiary/aromatic N) is 1. The maximum absolute atomic E-state index is 11.7. The van der Waals surface area contributed by atoms with Crippen LogP contribution in [0.5, 0.6) is 5.75 Å². The summed E-state index contributed by atoms with van der Waals surface area (Å²) < 4.78 is 5.04. The molecular formula is C13H16N4O2. The van der Waals surface area contributed by atoms with Crippen molar-refractivity contribution in [1.29, 1.82) is 0 Å². The van der Waals surface area contributed by atoms with E-state index < -0.39 is 0 Å². The average Bonchev–Trinajstić information content (AvgIpc) is 2.87. The summed E-state index contributed by atoms with van der Waals surface area (Å²) in [6, 6.07) is 8.55. The Morgan fingerprint density at radius 1 is 1.32 bits per heavy atom. The third kappa shape index (κ3) is 3.48. The summed E-state index contributed by atoms with van der Waals surface area (Å²) in [6.07, 6.45) is 0.842. The molecule has 1 aromatic carbocycles. The number of methoxy groups -OCH3 is 1. The van der Waals surface area contributed by atoms with Crippen LogP contribution in [-0.2, 0) is 6.42 Å². The second-order valence-electron chi connectivity index (χ2n) is 3.94. The van der Waals surface area contributed by atoms with Crippen molar-refractivity contribution in [3.05, 3.63) is 36.0 Å². The number of carbonyl (C=O) groups is 1. The molecule has 0 radical (unpaired) electrons. The number of benzene rings is 1. The van der Waals surface area contributed by atoms with Gasteiger partial charge in [0, 0.05) is 17.4 Å². The minimum absolute atomic E-state index is 0.334. The number of carbonyl (C=O) groups excluding carboxylic acids is 1. The number of amides is 2. The molecule has 1 aromatic heterocycles. The van der Waals surface area contributed by atoms with Crippen molar-refractivity contribution in [2.24, 2.45) is 0 Å². The summed E-state index contributed by atoms with van der Waals surface area (Å²) in [4.78, 5) is 11.7. The van der Waals surface area contributed by atoms with E-state index in [0.717, 1.165) is 17.9 Å². The Kier molecular flexibility index (Phi) is 4.02. The van der Waals surface area contributed by atoms with Crippen LogP contribution < -0.4 is 15.4 Å². The largest absolute Gasteiger partial charge is 0.497 e. The van der Waals surface area contributed by atoms with E-state index >= 15 is 0 Å². The predicted octanol–water partition coefficient (Wildman–Crippen LogP) is 2.62. The van der Waals surface area contributed by atoms with Crippen LogP contribution in [0.2, 0.25) is 0 Å². The van der Waals surface area contributed by atoms with E-state index in [1.54, 1.807) is 37.4 Å². The number of H-pyrrole nitrogens is 1. The summed E-state index contributed by atoms with van der Waals surface area (Å²) in [6.45, 7) is 2.01. The lowest BCUT2D eigenvalue weighted by molar-refractivity contribution is 0.262. The minimum Gasteiger partial charge on any atom is -0.497 e. The van der Waals surface area contributed by atoms with Gasteiger partial charge in [-0.05, 0) is 30.7 Å². The normalized spacial score (nSPS) is 10.0. The van der Waals surface area contributed by atoms with Crippen molar-refractivity contribution >= 4 is 17.5 Å². The Hall–Kier alpha value is -2.50. The fraction of sp³-hybridized carbons (Fsp3) is 0.231. The number of anilines is 2. The molecule has 0 unspecified atom stereocenters. The van der Waals surface area contributed by atoms with Gasteiger partial charge in [-0.3, -0.25) is 10.4 Å². The molecule has 0 aliphatic rings. The first-order valence-electron chi connectivity index (χ1n) is 5.97. The van der Waals surface area contributed by atoms with E-state index in [2.05, 4.69) is 20.8 Å². The molecule has 6 heteroatoms. The molecule has 19 heavy (non-hydrogen) atoms. The molecule has 1 heterocycles. The van der Waals surface area contributed by atoms with Gasteiger partial charge in [-0.1, -0.05) is 6.92 Å². The van der Waals surface area contributed by atoms with Crippen LogP contribution in [-0.4, -0.2) is 23.3 Å². The Morgan fingerprint density at radius 2 is 2.05 bits per heavy atom. The standard InChI is InChI=1S/C13H16N4O2/c1-3-9-8-12(17-16-9)15-13(18)14-10-4-6-11(19-2)7-5-10/h4-8H,3H2,1-2H3,(H3,14,15,16,17,18). The van der Waals surface area contributed by atoms with Crippen molar-refractivity contribution in [2.45, 2.75) is 13.3 Å². The highest BCUT2D eigenvalue weighted by molar-refractivity contribution is 5.99. The lowest BCUT2D eigenvalue weighted by Crippen LogP contribution is -2.19. The van der Waals surface area contributed by atoms with Crippen molar-refractivity contribution in [3.63, 3.8) is 0 Å². The maximum Gasteiger partial charge on any atom is 0.324 e. The van der Waals surface area contributed by atoms with Gasteiger partial charge in [0.15, 0.2) is 5.82 Å². The Morgan fingerprint density at radius 3 is 2.63 bits per heavy atom. The first-order chi connectivity index (χ1) is 9.21. The van der Waals surface area contributed by atoms with Gasteiger partial charge in [0.1, 0.15) is 5.75 Å². The van der Waals surface area contributed by atoms with Crippen LogP contribution in [0.3, 0.4) is 0 Å². The summed E-state index contributed by atoms with van der Waals surface area (Å²) in [5.41, 5.74) is 1.66. The summed E-state index contributed by atoms with van der Waals surface area (Å²) in [7, 11) is 1.60. The summed E-state index contributed by atoms with van der Waals surface area (Å²) >= 11 is 0. The van der Waals surface area contributed by atoms with Crippen molar-refractivity contribution in [3.8, 4) is 5.75 Å². The molecule has 100 valence electrons. The fourth-order valence-electron chi connectivity index (χ4n) is 1.56. The van der Waals surface area contributed by atoms with Gasteiger partial charge in [0.05, 0.1) is 7.11 Å². The molecule has 2 rings (SSSR count). The molecule has 2 aromatic rings. The van der Waals surface area contributed by atoms with E-state index in [1.807, 2.05) is 6.92 Å². The van der Waals surface area contributed by atoms with Gasteiger partial charge in [0.2, 0.25) is 0 Å². The minimum atomic E-state index is -0.334. The van der Waals surface area contributed by atoms with Crippen LogP contribution in [0.25, 0.3) is 0 Å². The summed E-state index contributed by atoms with van der Waals surface area (Å²) in [5.74, 6) is 1.24. The van der Waals surface area contributed by atoms with Crippen LogP contribution in [0, 0.1) is 0 Å². The van der Waals surface area contributed by atoms with Gasteiger partial charge < -0.3 is 10.1 Å². The van der Waals surface area contributed by atoms with Crippen molar-refractivity contribution in [2.75, 3.05) is 17.7 Å². The van der Waals surface area contributed by atoms with Crippen LogP contribution >= 0.6 is 0 Å². The maximum atomic E-state index is 11.7. The van der Waals surface area contributed by atoms with E-state index in [9.17, 15) is 4.79 Å². The molecular weight excluding hydrogens is 244 g/mol. The molecule has 0 aliphatic carbocycles. The van der Waals surface area contributed by atoms with Crippen molar-refractivity contribution in [1.82, 2.24) is 10.2 Å². The molecule has 0 saturated carbocycles. The molecule has 0 bridgehead atoms. The Labute approximate surface area is 111 Å². The molecule has 0 atom stereocenters. The molecule has 3 N–H and O–H groups in total. The highest BCUT2D eigenvalue weighted by Gasteiger charge is 2.05. The number of aromatic nitrogens is 2. The number of nitrogens with one attached hydrogen (secondary N) is 3. The predicted molar refractivity (Wildman–Crippen MR) is 73.6 cm³/mol. The number of aryl methyl sites for hydroxylation is 1. The second-order valence-corrected chi connectivity index (χ2v) is 3.94. The molecule has 0 fully saturated rings.